The molecule has 3 heterocycles. The minimum Gasteiger partial charge on any atom is -0.376 e. The van der Waals surface area contributed by atoms with Gasteiger partial charge in [-0.15, -0.1) is 0 Å². The zero-order chi connectivity index (χ0) is 17.8. The second-order valence-corrected chi connectivity index (χ2v) is 7.02. The van der Waals surface area contributed by atoms with Crippen LogP contribution >= 0.6 is 0 Å². The molecule has 2 amide bonds. The van der Waals surface area contributed by atoms with Gasteiger partial charge in [0.05, 0.1) is 6.10 Å². The van der Waals surface area contributed by atoms with Gasteiger partial charge in [0.2, 0.25) is 0 Å². The van der Waals surface area contributed by atoms with Crippen LogP contribution in [0.1, 0.15) is 37.4 Å². The predicted molar refractivity (Wildman–Crippen MR) is 97.7 cm³/mol. The first-order valence-electron chi connectivity index (χ1n) is 9.41. The van der Waals surface area contributed by atoms with E-state index >= 15 is 0 Å². The maximum atomic E-state index is 12.5. The Kier molecular flexibility index (Phi) is 5.15. The molecule has 0 saturated carbocycles. The Morgan fingerprint density at radius 2 is 2.15 bits per heavy atom. The number of amides is 2. The summed E-state index contributed by atoms with van der Waals surface area (Å²) >= 11 is 0. The molecule has 0 aliphatic carbocycles. The van der Waals surface area contributed by atoms with Crippen molar-refractivity contribution < 1.29 is 9.53 Å². The Labute approximate surface area is 153 Å². The van der Waals surface area contributed by atoms with Crippen LogP contribution in [0.15, 0.2) is 30.3 Å². The van der Waals surface area contributed by atoms with Gasteiger partial charge in [0.25, 0.3) is 0 Å². The molecular formula is C19H25N5O2. The van der Waals surface area contributed by atoms with Crippen molar-refractivity contribution in [3.8, 4) is 11.4 Å². The Balaban J connectivity index is 1.36. The number of urea groups is 1. The van der Waals surface area contributed by atoms with Gasteiger partial charge in [-0.2, -0.15) is 5.10 Å². The van der Waals surface area contributed by atoms with Crippen LogP contribution in [0, 0.1) is 0 Å². The van der Waals surface area contributed by atoms with Gasteiger partial charge in [0.15, 0.2) is 5.82 Å². The van der Waals surface area contributed by atoms with Crippen LogP contribution in [0.25, 0.3) is 11.4 Å². The summed E-state index contributed by atoms with van der Waals surface area (Å²) in [5, 5.41) is 10.4. The standard InChI is InChI=1S/C19H25N5O2/c25-19(20-12-16-9-5-11-26-16)24-10-4-8-15(13-24)18-21-17(22-23-18)14-6-2-1-3-7-14/h1-3,6-7,15-16H,4-5,8-13H2,(H,20,25)(H,21,22,23)/t15-,16-/m0/s1. The Bertz CT molecular complexity index is 727. The molecule has 2 aliphatic rings. The number of hydrogen-bond donors (Lipinski definition) is 2. The second kappa shape index (κ2) is 7.86. The quantitative estimate of drug-likeness (QED) is 0.883. The lowest BCUT2D eigenvalue weighted by molar-refractivity contribution is 0.107. The van der Waals surface area contributed by atoms with Gasteiger partial charge in [-0.3, -0.25) is 5.10 Å². The van der Waals surface area contributed by atoms with E-state index in [0.717, 1.165) is 50.2 Å². The van der Waals surface area contributed by atoms with E-state index in [4.69, 9.17) is 4.74 Å². The van der Waals surface area contributed by atoms with Crippen LogP contribution < -0.4 is 5.32 Å². The van der Waals surface area contributed by atoms with E-state index in [9.17, 15) is 4.79 Å². The van der Waals surface area contributed by atoms with Crippen LogP contribution in [0.5, 0.6) is 0 Å². The van der Waals surface area contributed by atoms with Crippen molar-refractivity contribution in [1.82, 2.24) is 25.4 Å². The average molecular weight is 355 g/mol. The van der Waals surface area contributed by atoms with E-state index in [0.29, 0.717) is 18.9 Å². The number of nitrogens with zero attached hydrogens (tertiary/aromatic N) is 3. The highest BCUT2D eigenvalue weighted by Gasteiger charge is 2.27. The largest absolute Gasteiger partial charge is 0.376 e. The number of aromatic amines is 1. The smallest absolute Gasteiger partial charge is 0.317 e. The molecule has 0 unspecified atom stereocenters. The summed E-state index contributed by atoms with van der Waals surface area (Å²) in [6.45, 7) is 2.86. The summed E-state index contributed by atoms with van der Waals surface area (Å²) < 4.78 is 5.57. The molecule has 2 N–H and O–H groups in total. The van der Waals surface area contributed by atoms with Gasteiger partial charge >= 0.3 is 6.03 Å². The summed E-state index contributed by atoms with van der Waals surface area (Å²) in [5.41, 5.74) is 0.997. The van der Waals surface area contributed by atoms with Gasteiger partial charge in [0, 0.05) is 37.7 Å². The van der Waals surface area contributed by atoms with Crippen LogP contribution in [-0.2, 0) is 4.74 Å². The third-order valence-corrected chi connectivity index (χ3v) is 5.13. The summed E-state index contributed by atoms with van der Waals surface area (Å²) in [4.78, 5) is 19.0. The Morgan fingerprint density at radius 3 is 2.96 bits per heavy atom. The summed E-state index contributed by atoms with van der Waals surface area (Å²) in [6, 6.07) is 9.92. The number of H-pyrrole nitrogens is 1. The van der Waals surface area contributed by atoms with E-state index in [2.05, 4.69) is 20.5 Å². The Morgan fingerprint density at radius 1 is 1.27 bits per heavy atom. The molecule has 0 radical (unpaired) electrons. The zero-order valence-electron chi connectivity index (χ0n) is 14.9. The van der Waals surface area contributed by atoms with E-state index < -0.39 is 0 Å². The maximum Gasteiger partial charge on any atom is 0.317 e. The number of carbonyl (C=O) groups excluding carboxylic acids is 1. The minimum absolute atomic E-state index is 0.00648. The number of rotatable bonds is 4. The van der Waals surface area contributed by atoms with Crippen molar-refractivity contribution in [1.29, 1.82) is 0 Å². The van der Waals surface area contributed by atoms with Gasteiger partial charge in [-0.1, -0.05) is 30.3 Å². The van der Waals surface area contributed by atoms with Gasteiger partial charge in [-0.25, -0.2) is 9.78 Å². The molecule has 4 rings (SSSR count). The first-order chi connectivity index (χ1) is 12.8. The zero-order valence-corrected chi connectivity index (χ0v) is 14.9. The molecule has 0 bridgehead atoms. The lowest BCUT2D eigenvalue weighted by Crippen LogP contribution is -2.46. The number of carbonyl (C=O) groups is 1. The van der Waals surface area contributed by atoms with Crippen molar-refractivity contribution >= 4 is 6.03 Å². The molecule has 0 spiro atoms. The van der Waals surface area contributed by atoms with Gasteiger partial charge in [-0.05, 0) is 25.7 Å². The van der Waals surface area contributed by atoms with E-state index in [1.807, 2.05) is 35.2 Å². The highest BCUT2D eigenvalue weighted by Crippen LogP contribution is 2.26. The fraction of sp³-hybridized carbons (Fsp3) is 0.526. The normalized spacial score (nSPS) is 23.2. The summed E-state index contributed by atoms with van der Waals surface area (Å²) in [5.74, 6) is 1.77. The number of likely N-dealkylation sites (tertiary alicyclic amines) is 1. The van der Waals surface area contributed by atoms with Crippen LogP contribution in [0.3, 0.4) is 0 Å². The van der Waals surface area contributed by atoms with Crippen molar-refractivity contribution in [2.45, 2.75) is 37.7 Å². The van der Waals surface area contributed by atoms with Crippen LogP contribution in [-0.4, -0.2) is 58.5 Å². The number of hydrogen-bond acceptors (Lipinski definition) is 4. The number of piperidine rings is 1. The first-order valence-corrected chi connectivity index (χ1v) is 9.41. The molecule has 1 aromatic carbocycles. The third kappa shape index (κ3) is 3.88. The molecular weight excluding hydrogens is 330 g/mol. The third-order valence-electron chi connectivity index (χ3n) is 5.13. The van der Waals surface area contributed by atoms with Crippen molar-refractivity contribution in [2.75, 3.05) is 26.2 Å². The summed E-state index contributed by atoms with van der Waals surface area (Å²) in [6.07, 6.45) is 4.27. The lowest BCUT2D eigenvalue weighted by atomic mass is 9.97. The fourth-order valence-electron chi connectivity index (χ4n) is 3.68. The SMILES string of the molecule is O=C(NC[C@@H]1CCCO1)N1CCC[C@H](c2nc(-c3ccccc3)n[nH]2)C1. The van der Waals surface area contributed by atoms with E-state index in [1.54, 1.807) is 0 Å². The molecule has 1 aromatic heterocycles. The number of nitrogens with one attached hydrogen (secondary N) is 2. The molecule has 7 nitrogen and oxygen atoms in total. The molecule has 138 valence electrons. The highest BCUT2D eigenvalue weighted by atomic mass is 16.5. The minimum atomic E-state index is -0.00648. The topological polar surface area (TPSA) is 83.1 Å². The number of benzene rings is 1. The van der Waals surface area contributed by atoms with Crippen molar-refractivity contribution in [3.05, 3.63) is 36.2 Å². The second-order valence-electron chi connectivity index (χ2n) is 7.02. The van der Waals surface area contributed by atoms with Crippen LogP contribution in [0.2, 0.25) is 0 Å². The number of ether oxygens (including phenoxy) is 1. The van der Waals surface area contributed by atoms with E-state index in [1.165, 1.54) is 0 Å². The maximum absolute atomic E-state index is 12.5. The Hall–Kier alpha value is -2.41. The monoisotopic (exact) mass is 355 g/mol. The van der Waals surface area contributed by atoms with Crippen LogP contribution in [0.4, 0.5) is 4.79 Å². The molecule has 2 saturated heterocycles. The van der Waals surface area contributed by atoms with Gasteiger partial charge < -0.3 is 15.0 Å². The average Bonchev–Trinajstić information content (AvgIpc) is 3.39. The fourth-order valence-corrected chi connectivity index (χ4v) is 3.68. The van der Waals surface area contributed by atoms with Crippen molar-refractivity contribution in [3.63, 3.8) is 0 Å². The first kappa shape index (κ1) is 17.0. The molecule has 2 atom stereocenters. The molecule has 2 aliphatic heterocycles. The van der Waals surface area contributed by atoms with E-state index in [-0.39, 0.29) is 18.1 Å². The predicted octanol–water partition coefficient (Wildman–Crippen LogP) is 2.54. The summed E-state index contributed by atoms with van der Waals surface area (Å²) in [7, 11) is 0. The molecule has 7 heteroatoms. The lowest BCUT2D eigenvalue weighted by Gasteiger charge is -2.32. The molecule has 26 heavy (non-hydrogen) atoms. The number of aromatic nitrogens is 3. The molecule has 2 fully saturated rings. The van der Waals surface area contributed by atoms with Gasteiger partial charge in [0.1, 0.15) is 5.82 Å². The van der Waals surface area contributed by atoms with Crippen molar-refractivity contribution in [2.24, 2.45) is 0 Å². The highest BCUT2D eigenvalue weighted by molar-refractivity contribution is 5.74. The molecule has 2 aromatic rings.